The standard InChI is InChI=1S/C14H16ClF3N2O3S/c1-3-7-19-13(21)6-8-20(24(2,22)23)12-9-10(14(16,17)18)4-5-11(12)15/h3-5,9H,1,6-8H2,2H3,(H,19,21). The summed E-state index contributed by atoms with van der Waals surface area (Å²) in [7, 11) is -3.94. The summed E-state index contributed by atoms with van der Waals surface area (Å²) in [5, 5.41) is 2.28. The van der Waals surface area contributed by atoms with E-state index >= 15 is 0 Å². The maximum atomic E-state index is 12.8. The summed E-state index contributed by atoms with van der Waals surface area (Å²) in [6.45, 7) is 3.27. The minimum absolute atomic E-state index is 0.167. The van der Waals surface area contributed by atoms with Crippen molar-refractivity contribution in [2.75, 3.05) is 23.7 Å². The number of alkyl halides is 3. The predicted octanol–water partition coefficient (Wildman–Crippen LogP) is 2.82. The molecule has 0 saturated carbocycles. The Labute approximate surface area is 143 Å². The van der Waals surface area contributed by atoms with E-state index in [9.17, 15) is 26.4 Å². The maximum Gasteiger partial charge on any atom is 0.416 e. The molecule has 0 saturated heterocycles. The zero-order chi connectivity index (χ0) is 18.5. The van der Waals surface area contributed by atoms with Gasteiger partial charge < -0.3 is 5.32 Å². The Balaban J connectivity index is 3.14. The molecule has 0 aliphatic carbocycles. The fourth-order valence-corrected chi connectivity index (χ4v) is 3.02. The summed E-state index contributed by atoms with van der Waals surface area (Å²) in [5.74, 6) is -0.466. The number of amides is 1. The summed E-state index contributed by atoms with van der Waals surface area (Å²) < 4.78 is 63.0. The van der Waals surface area contributed by atoms with Crippen molar-refractivity contribution in [3.05, 3.63) is 41.4 Å². The number of carbonyl (C=O) groups is 1. The first-order valence-electron chi connectivity index (χ1n) is 6.69. The first kappa shape index (κ1) is 20.3. The van der Waals surface area contributed by atoms with E-state index < -0.39 is 27.7 Å². The lowest BCUT2D eigenvalue weighted by Gasteiger charge is -2.24. The third-order valence-corrected chi connectivity index (χ3v) is 4.43. The number of hydrogen-bond donors (Lipinski definition) is 1. The van der Waals surface area contributed by atoms with Crippen LogP contribution in [0, 0.1) is 0 Å². The number of sulfonamides is 1. The van der Waals surface area contributed by atoms with E-state index in [1.54, 1.807) is 0 Å². The largest absolute Gasteiger partial charge is 0.416 e. The summed E-state index contributed by atoms with van der Waals surface area (Å²) in [4.78, 5) is 11.6. The lowest BCUT2D eigenvalue weighted by atomic mass is 10.2. The molecule has 0 heterocycles. The molecular formula is C14H16ClF3N2O3S. The molecule has 0 radical (unpaired) electrons. The Morgan fingerprint density at radius 1 is 1.42 bits per heavy atom. The molecular weight excluding hydrogens is 369 g/mol. The highest BCUT2D eigenvalue weighted by atomic mass is 35.5. The molecule has 1 rings (SSSR count). The van der Waals surface area contributed by atoms with E-state index in [4.69, 9.17) is 11.6 Å². The van der Waals surface area contributed by atoms with Crippen LogP contribution >= 0.6 is 11.6 Å². The fourth-order valence-electron chi connectivity index (χ4n) is 1.82. The smallest absolute Gasteiger partial charge is 0.353 e. The van der Waals surface area contributed by atoms with Gasteiger partial charge in [-0.3, -0.25) is 9.10 Å². The van der Waals surface area contributed by atoms with Gasteiger partial charge in [0.1, 0.15) is 0 Å². The van der Waals surface area contributed by atoms with Crippen molar-refractivity contribution in [2.45, 2.75) is 12.6 Å². The van der Waals surface area contributed by atoms with Gasteiger partial charge in [-0.25, -0.2) is 8.42 Å². The second kappa shape index (κ2) is 7.89. The van der Waals surface area contributed by atoms with Gasteiger partial charge in [-0.05, 0) is 18.2 Å². The number of benzene rings is 1. The highest BCUT2D eigenvalue weighted by Gasteiger charge is 2.32. The van der Waals surface area contributed by atoms with Gasteiger partial charge in [0.2, 0.25) is 15.9 Å². The zero-order valence-electron chi connectivity index (χ0n) is 12.7. The van der Waals surface area contributed by atoms with Crippen LogP contribution < -0.4 is 9.62 Å². The second-order valence-corrected chi connectivity index (χ2v) is 7.16. The number of rotatable bonds is 7. The van der Waals surface area contributed by atoms with Crippen LogP contribution in [0.3, 0.4) is 0 Å². The van der Waals surface area contributed by atoms with Crippen LogP contribution in [0.15, 0.2) is 30.9 Å². The molecule has 0 atom stereocenters. The van der Waals surface area contributed by atoms with Crippen LogP contribution in [-0.4, -0.2) is 33.7 Å². The van der Waals surface area contributed by atoms with Crippen molar-refractivity contribution in [2.24, 2.45) is 0 Å². The number of nitrogens with one attached hydrogen (secondary N) is 1. The molecule has 0 bridgehead atoms. The number of hydrogen-bond acceptors (Lipinski definition) is 3. The fraction of sp³-hybridized carbons (Fsp3) is 0.357. The van der Waals surface area contributed by atoms with E-state index in [0.717, 1.165) is 18.4 Å². The monoisotopic (exact) mass is 384 g/mol. The summed E-state index contributed by atoms with van der Waals surface area (Å²) in [5.41, 5.74) is -1.36. The molecule has 0 spiro atoms. The second-order valence-electron chi connectivity index (χ2n) is 4.84. The summed E-state index contributed by atoms with van der Waals surface area (Å²) in [6, 6.07) is 2.36. The minimum atomic E-state index is -4.65. The van der Waals surface area contributed by atoms with Crippen molar-refractivity contribution in [3.8, 4) is 0 Å². The predicted molar refractivity (Wildman–Crippen MR) is 86.5 cm³/mol. The van der Waals surface area contributed by atoms with E-state index in [1.165, 1.54) is 6.08 Å². The van der Waals surface area contributed by atoms with Crippen LogP contribution in [0.4, 0.5) is 18.9 Å². The average molecular weight is 385 g/mol. The lowest BCUT2D eigenvalue weighted by molar-refractivity contribution is -0.137. The van der Waals surface area contributed by atoms with Gasteiger partial charge in [-0.15, -0.1) is 6.58 Å². The molecule has 0 fully saturated rings. The SMILES string of the molecule is C=CCNC(=O)CCN(c1cc(C(F)(F)F)ccc1Cl)S(C)(=O)=O. The number of carbonyl (C=O) groups excluding carboxylic acids is 1. The third-order valence-electron chi connectivity index (χ3n) is 2.93. The van der Waals surface area contributed by atoms with Gasteiger partial charge in [-0.2, -0.15) is 13.2 Å². The zero-order valence-corrected chi connectivity index (χ0v) is 14.3. The summed E-state index contributed by atoms with van der Waals surface area (Å²) in [6.07, 6.45) is -2.63. The molecule has 5 nitrogen and oxygen atoms in total. The van der Waals surface area contributed by atoms with E-state index in [1.807, 2.05) is 0 Å². The van der Waals surface area contributed by atoms with E-state index in [2.05, 4.69) is 11.9 Å². The summed E-state index contributed by atoms with van der Waals surface area (Å²) >= 11 is 5.86. The minimum Gasteiger partial charge on any atom is -0.353 e. The molecule has 1 aromatic rings. The van der Waals surface area contributed by atoms with Gasteiger partial charge in [0.05, 0.1) is 22.5 Å². The Kier molecular flexibility index (Phi) is 6.67. The van der Waals surface area contributed by atoms with Gasteiger partial charge in [0.25, 0.3) is 0 Å². The Bertz CT molecular complexity index is 720. The topological polar surface area (TPSA) is 66.5 Å². The first-order chi connectivity index (χ1) is 11.0. The van der Waals surface area contributed by atoms with Gasteiger partial charge in [0, 0.05) is 19.5 Å². The van der Waals surface area contributed by atoms with E-state index in [-0.39, 0.29) is 30.2 Å². The van der Waals surface area contributed by atoms with Crippen LogP contribution in [0.2, 0.25) is 5.02 Å². The van der Waals surface area contributed by atoms with Crippen molar-refractivity contribution < 1.29 is 26.4 Å². The van der Waals surface area contributed by atoms with Crippen LogP contribution in [0.1, 0.15) is 12.0 Å². The Morgan fingerprint density at radius 2 is 2.04 bits per heavy atom. The van der Waals surface area contributed by atoms with Crippen molar-refractivity contribution >= 4 is 33.2 Å². The maximum absolute atomic E-state index is 12.8. The molecule has 134 valence electrons. The molecule has 1 amide bonds. The van der Waals surface area contributed by atoms with Crippen LogP contribution in [0.5, 0.6) is 0 Å². The van der Waals surface area contributed by atoms with Crippen LogP contribution in [0.25, 0.3) is 0 Å². The quantitative estimate of drug-likeness (QED) is 0.735. The number of nitrogens with zero attached hydrogens (tertiary/aromatic N) is 1. The van der Waals surface area contributed by atoms with Crippen LogP contribution in [-0.2, 0) is 21.0 Å². The molecule has 1 aromatic carbocycles. The average Bonchev–Trinajstić information content (AvgIpc) is 2.44. The van der Waals surface area contributed by atoms with Crippen molar-refractivity contribution in [1.82, 2.24) is 5.32 Å². The number of anilines is 1. The van der Waals surface area contributed by atoms with Gasteiger partial charge in [0.15, 0.2) is 0 Å². The molecule has 0 aliphatic heterocycles. The molecule has 0 aliphatic rings. The highest BCUT2D eigenvalue weighted by molar-refractivity contribution is 7.92. The molecule has 10 heteroatoms. The third kappa shape index (κ3) is 5.72. The Hall–Kier alpha value is -1.74. The molecule has 24 heavy (non-hydrogen) atoms. The highest BCUT2D eigenvalue weighted by Crippen LogP contribution is 2.36. The normalized spacial score (nSPS) is 11.9. The first-order valence-corrected chi connectivity index (χ1v) is 8.91. The molecule has 0 unspecified atom stereocenters. The van der Waals surface area contributed by atoms with Crippen molar-refractivity contribution in [3.63, 3.8) is 0 Å². The van der Waals surface area contributed by atoms with Crippen molar-refractivity contribution in [1.29, 1.82) is 0 Å². The van der Waals surface area contributed by atoms with E-state index in [0.29, 0.717) is 10.4 Å². The molecule has 1 N–H and O–H groups in total. The molecule has 0 aromatic heterocycles. The lowest BCUT2D eigenvalue weighted by Crippen LogP contribution is -2.35. The van der Waals surface area contributed by atoms with Gasteiger partial charge >= 0.3 is 6.18 Å². The number of halogens is 4. The Morgan fingerprint density at radius 3 is 2.54 bits per heavy atom. The van der Waals surface area contributed by atoms with Gasteiger partial charge in [-0.1, -0.05) is 17.7 Å².